The second-order valence-corrected chi connectivity index (χ2v) is 25.6. The first-order valence-corrected chi connectivity index (χ1v) is 25.5. The number of Topliss-reactive ketones (excluding diaryl/α,β-unsaturated/α-hetero) is 1. The molecule has 0 saturated carbocycles. The Bertz CT molecular complexity index is 1570. The molecule has 1 heterocycles. The number of hydrogen-bond acceptors (Lipinski definition) is 6. The third kappa shape index (κ3) is 12.5. The van der Waals surface area contributed by atoms with Crippen molar-refractivity contribution in [2.75, 3.05) is 20.3 Å². The van der Waals surface area contributed by atoms with E-state index in [4.69, 9.17) is 23.1 Å². The van der Waals surface area contributed by atoms with Gasteiger partial charge in [0.25, 0.3) is 8.32 Å². The zero-order valence-corrected chi connectivity index (χ0v) is 37.6. The van der Waals surface area contributed by atoms with Crippen LogP contribution in [0.3, 0.4) is 0 Å². The number of rotatable bonds is 24. The molecule has 0 saturated heterocycles. The molecule has 0 amide bonds. The maximum absolute atomic E-state index is 13.6. The number of hydrogen-bond donors (Lipinski definition) is 0. The van der Waals surface area contributed by atoms with Crippen LogP contribution in [0.4, 0.5) is 0 Å². The molecule has 306 valence electrons. The number of ketones is 1. The molecule has 0 radical (unpaired) electrons. The Morgan fingerprint density at radius 2 is 1.48 bits per heavy atom. The summed E-state index contributed by atoms with van der Waals surface area (Å²) in [6.45, 7) is 17.4. The van der Waals surface area contributed by atoms with Crippen LogP contribution < -0.4 is 10.4 Å². The van der Waals surface area contributed by atoms with Crippen molar-refractivity contribution < 1.29 is 27.9 Å². The van der Waals surface area contributed by atoms with Crippen LogP contribution in [-0.4, -0.2) is 60.7 Å². The molecule has 0 unspecified atom stereocenters. The van der Waals surface area contributed by atoms with Crippen molar-refractivity contribution >= 4 is 32.8 Å². The number of carbonyl (C=O) groups excluding carboxylic acids is 1. The predicted octanol–water partition coefficient (Wildman–Crippen LogP) is 10.6. The van der Waals surface area contributed by atoms with Gasteiger partial charge < -0.3 is 23.1 Å². The van der Waals surface area contributed by atoms with E-state index in [0.717, 1.165) is 43.0 Å². The van der Waals surface area contributed by atoms with Crippen molar-refractivity contribution in [2.45, 2.75) is 135 Å². The predicted molar refractivity (Wildman–Crippen MR) is 237 cm³/mol. The topological polar surface area (TPSA) is 63.2 Å². The maximum atomic E-state index is 13.6. The summed E-state index contributed by atoms with van der Waals surface area (Å²) in [6, 6.07) is 35.1. The molecule has 1 aliphatic rings. The molecule has 0 N–H and O–H groups in total. The number of carbonyl (C=O) groups is 1. The average Bonchev–Trinajstić information content (AvgIpc) is 3.23. The lowest BCUT2D eigenvalue weighted by molar-refractivity contribution is -0.214. The monoisotopic (exact) mass is 798 g/mol. The molecule has 0 fully saturated rings. The fourth-order valence-electron chi connectivity index (χ4n) is 8.01. The van der Waals surface area contributed by atoms with E-state index in [1.54, 1.807) is 7.11 Å². The van der Waals surface area contributed by atoms with Crippen LogP contribution >= 0.6 is 0 Å². The van der Waals surface area contributed by atoms with Gasteiger partial charge in [0, 0.05) is 32.5 Å². The van der Waals surface area contributed by atoms with Gasteiger partial charge in [0.15, 0.2) is 14.1 Å². The number of ether oxygens (including phenoxy) is 3. The molecular formula is C48H70O6Si2. The SMILES string of the molecule is CC[Si](CC)(CC)OC[C@H](C[C@H](C)C(=O)CC[C@@]1(OC)C=CC[C@@H](/C=C/CCCO[Si](c2ccccc2)(c2ccccc2)C(C)(C)C)O1)OCc1ccccc1. The summed E-state index contributed by atoms with van der Waals surface area (Å²) in [4.78, 5) is 13.6. The van der Waals surface area contributed by atoms with Gasteiger partial charge in [-0.1, -0.05) is 158 Å². The minimum Gasteiger partial charge on any atom is -0.414 e. The van der Waals surface area contributed by atoms with Gasteiger partial charge in [-0.3, -0.25) is 4.79 Å². The molecule has 56 heavy (non-hydrogen) atoms. The molecule has 4 rings (SSSR count). The molecule has 3 aromatic rings. The Kier molecular flexibility index (Phi) is 18.2. The highest BCUT2D eigenvalue weighted by molar-refractivity contribution is 6.99. The molecule has 8 heteroatoms. The van der Waals surface area contributed by atoms with Crippen molar-refractivity contribution in [3.8, 4) is 0 Å². The molecular weight excluding hydrogens is 729 g/mol. The summed E-state index contributed by atoms with van der Waals surface area (Å²) in [6.07, 6.45) is 12.2. The van der Waals surface area contributed by atoms with Gasteiger partial charge in [-0.25, -0.2) is 0 Å². The van der Waals surface area contributed by atoms with Gasteiger partial charge >= 0.3 is 0 Å². The summed E-state index contributed by atoms with van der Waals surface area (Å²) in [5.74, 6) is -0.922. The molecule has 0 bridgehead atoms. The maximum Gasteiger partial charge on any atom is 0.261 e. The minimum absolute atomic E-state index is 0.0465. The van der Waals surface area contributed by atoms with Crippen LogP contribution in [0.15, 0.2) is 115 Å². The highest BCUT2D eigenvalue weighted by Gasteiger charge is 2.50. The van der Waals surface area contributed by atoms with Crippen LogP contribution in [-0.2, 0) is 34.5 Å². The van der Waals surface area contributed by atoms with E-state index >= 15 is 0 Å². The number of benzene rings is 3. The first kappa shape index (κ1) is 45.7. The lowest BCUT2D eigenvalue weighted by atomic mass is 9.93. The largest absolute Gasteiger partial charge is 0.414 e. The lowest BCUT2D eigenvalue weighted by Crippen LogP contribution is -2.66. The summed E-state index contributed by atoms with van der Waals surface area (Å²) < 4.78 is 32.7. The van der Waals surface area contributed by atoms with Crippen molar-refractivity contribution in [2.24, 2.45) is 5.92 Å². The fraction of sp³-hybridized carbons (Fsp3) is 0.521. The van der Waals surface area contributed by atoms with E-state index in [9.17, 15) is 4.79 Å². The van der Waals surface area contributed by atoms with Crippen molar-refractivity contribution in [1.29, 1.82) is 0 Å². The Labute approximate surface area is 341 Å². The Hall–Kier alpha value is -2.96. The molecule has 3 aromatic carbocycles. The summed E-state index contributed by atoms with van der Waals surface area (Å²) in [7, 11) is -2.68. The molecule has 0 aliphatic carbocycles. The van der Waals surface area contributed by atoms with Gasteiger partial charge in [0.2, 0.25) is 0 Å². The summed E-state index contributed by atoms with van der Waals surface area (Å²) in [5, 5.41) is 2.55. The molecule has 6 nitrogen and oxygen atoms in total. The van der Waals surface area contributed by atoms with E-state index in [-0.39, 0.29) is 28.9 Å². The number of methoxy groups -OCH3 is 1. The van der Waals surface area contributed by atoms with Gasteiger partial charge in [-0.05, 0) is 70.9 Å². The average molecular weight is 799 g/mol. The molecule has 0 aromatic heterocycles. The second-order valence-electron chi connectivity index (χ2n) is 16.5. The standard InChI is InChI=1S/C48H70O6Si2/c1-9-55(10-2,11-3)53-39-43(51-38-41-25-16-12-17-26-41)37-40(4)46(49)33-35-48(50-8)34-24-28-42(54-48)27-18-15-23-36-52-56(47(5,6)7,44-29-19-13-20-30-44)45-31-21-14-22-32-45/h12-14,16-22,24-27,29-32,34,40,42-43H,9-11,15,23,28,33,35-39H2,1-8H3/b27-18+/t40-,42+,43-,48+/m0/s1. The number of allylic oxidation sites excluding steroid dienone is 1. The quantitative estimate of drug-likeness (QED) is 0.0511. The molecule has 1 aliphatic heterocycles. The van der Waals surface area contributed by atoms with Gasteiger partial charge in [-0.15, -0.1) is 0 Å². The van der Waals surface area contributed by atoms with E-state index in [0.29, 0.717) is 39.1 Å². The van der Waals surface area contributed by atoms with Crippen LogP contribution in [0.1, 0.15) is 92.6 Å². The zero-order chi connectivity index (χ0) is 40.5. The van der Waals surface area contributed by atoms with Crippen LogP contribution in [0.2, 0.25) is 23.2 Å². The smallest absolute Gasteiger partial charge is 0.261 e. The van der Waals surface area contributed by atoms with Crippen molar-refractivity contribution in [3.05, 3.63) is 121 Å². The molecule has 4 atom stereocenters. The second kappa shape index (κ2) is 22.3. The van der Waals surface area contributed by atoms with Crippen LogP contribution in [0.5, 0.6) is 0 Å². The Balaban J connectivity index is 1.31. The highest BCUT2D eigenvalue weighted by atomic mass is 28.4. The van der Waals surface area contributed by atoms with E-state index in [1.165, 1.54) is 10.4 Å². The first-order chi connectivity index (χ1) is 26.9. The first-order valence-electron chi connectivity index (χ1n) is 21.1. The van der Waals surface area contributed by atoms with E-state index in [1.807, 2.05) is 31.2 Å². The van der Waals surface area contributed by atoms with Gasteiger partial charge in [0.1, 0.15) is 5.78 Å². The lowest BCUT2D eigenvalue weighted by Gasteiger charge is -2.43. The van der Waals surface area contributed by atoms with E-state index in [2.05, 4.69) is 133 Å². The van der Waals surface area contributed by atoms with E-state index < -0.39 is 22.4 Å². The highest BCUT2D eigenvalue weighted by Crippen LogP contribution is 2.37. The van der Waals surface area contributed by atoms with Gasteiger partial charge in [0.05, 0.1) is 25.4 Å². The van der Waals surface area contributed by atoms with Crippen LogP contribution in [0.25, 0.3) is 0 Å². The Morgan fingerprint density at radius 3 is 2.04 bits per heavy atom. The Morgan fingerprint density at radius 1 is 0.893 bits per heavy atom. The van der Waals surface area contributed by atoms with Crippen molar-refractivity contribution in [3.63, 3.8) is 0 Å². The number of unbranched alkanes of at least 4 members (excludes halogenated alkanes) is 1. The summed E-state index contributed by atoms with van der Waals surface area (Å²) in [5.41, 5.74) is 1.12. The zero-order valence-electron chi connectivity index (χ0n) is 35.6. The minimum atomic E-state index is -2.55. The van der Waals surface area contributed by atoms with Gasteiger partial charge in [-0.2, -0.15) is 0 Å². The van der Waals surface area contributed by atoms with Crippen LogP contribution in [0, 0.1) is 5.92 Å². The normalized spacial score (nSPS) is 19.0. The summed E-state index contributed by atoms with van der Waals surface area (Å²) >= 11 is 0. The fourth-order valence-corrected chi connectivity index (χ4v) is 15.3. The third-order valence-corrected chi connectivity index (χ3v) is 21.4. The van der Waals surface area contributed by atoms with Crippen molar-refractivity contribution in [1.82, 2.24) is 0 Å². The molecule has 0 spiro atoms. The third-order valence-electron chi connectivity index (χ3n) is 11.8.